The van der Waals surface area contributed by atoms with E-state index in [1.807, 2.05) is 12.1 Å². The van der Waals surface area contributed by atoms with E-state index in [1.54, 1.807) is 16.7 Å². The van der Waals surface area contributed by atoms with Crippen LogP contribution in [-0.2, 0) is 11.2 Å². The Morgan fingerprint density at radius 2 is 2.33 bits per heavy atom. The number of carbonyl (C=O) groups is 1. The van der Waals surface area contributed by atoms with E-state index >= 15 is 0 Å². The fraction of sp³-hybridized carbons (Fsp3) is 0.200. The molecule has 0 aromatic carbocycles. The van der Waals surface area contributed by atoms with Crippen LogP contribution in [0.5, 0.6) is 0 Å². The van der Waals surface area contributed by atoms with Crippen LogP contribution < -0.4 is 0 Å². The average Bonchev–Trinajstić information content (AvgIpc) is 2.59. The third-order valence-corrected chi connectivity index (χ3v) is 2.40. The number of aliphatic carboxylic acids is 1. The van der Waals surface area contributed by atoms with Gasteiger partial charge in [-0.1, -0.05) is 17.7 Å². The number of carboxylic acid groups (broad SMARTS) is 1. The number of aromatic nitrogens is 2. The first-order chi connectivity index (χ1) is 7.16. The van der Waals surface area contributed by atoms with Crippen molar-refractivity contribution in [3.8, 4) is 0 Å². The van der Waals surface area contributed by atoms with E-state index in [0.29, 0.717) is 11.6 Å². The highest BCUT2D eigenvalue weighted by Gasteiger charge is 2.05. The Bertz CT molecular complexity index is 507. The van der Waals surface area contributed by atoms with Gasteiger partial charge in [-0.15, -0.1) is 0 Å². The fourth-order valence-corrected chi connectivity index (χ4v) is 1.59. The van der Waals surface area contributed by atoms with Gasteiger partial charge in [-0.3, -0.25) is 9.20 Å². The first kappa shape index (κ1) is 9.98. The summed E-state index contributed by atoms with van der Waals surface area (Å²) in [5.74, 6) is -0.821. The average molecular weight is 225 g/mol. The molecule has 0 amide bonds. The molecule has 0 aliphatic heterocycles. The standard InChI is InChI=1S/C10H9ClN2O2/c11-8-2-1-3-9-12-7(6-13(8)9)4-5-10(14)15/h1-3,6H,4-5H2,(H,14,15). The predicted octanol–water partition coefficient (Wildman–Crippen LogP) is 2.00. The Kier molecular flexibility index (Phi) is 2.60. The molecule has 0 unspecified atom stereocenters. The van der Waals surface area contributed by atoms with Gasteiger partial charge >= 0.3 is 5.97 Å². The van der Waals surface area contributed by atoms with Crippen LogP contribution in [0.2, 0.25) is 5.15 Å². The van der Waals surface area contributed by atoms with Gasteiger partial charge in [0.2, 0.25) is 0 Å². The van der Waals surface area contributed by atoms with Crippen LogP contribution in [0.3, 0.4) is 0 Å². The molecular weight excluding hydrogens is 216 g/mol. The first-order valence-corrected chi connectivity index (χ1v) is 4.89. The summed E-state index contributed by atoms with van der Waals surface area (Å²) in [5.41, 5.74) is 1.48. The Labute approximate surface area is 91.1 Å². The van der Waals surface area contributed by atoms with E-state index in [-0.39, 0.29) is 6.42 Å². The zero-order valence-electron chi connectivity index (χ0n) is 7.85. The monoisotopic (exact) mass is 224 g/mol. The van der Waals surface area contributed by atoms with E-state index in [9.17, 15) is 4.79 Å². The summed E-state index contributed by atoms with van der Waals surface area (Å²) in [4.78, 5) is 14.7. The molecule has 0 atom stereocenters. The molecule has 0 saturated heterocycles. The van der Waals surface area contributed by atoms with Crippen molar-refractivity contribution in [2.45, 2.75) is 12.8 Å². The number of hydrogen-bond donors (Lipinski definition) is 1. The Morgan fingerprint density at radius 1 is 1.53 bits per heavy atom. The van der Waals surface area contributed by atoms with Crippen molar-refractivity contribution in [3.63, 3.8) is 0 Å². The first-order valence-electron chi connectivity index (χ1n) is 4.51. The number of fused-ring (bicyclic) bond motifs is 1. The van der Waals surface area contributed by atoms with Crippen molar-refractivity contribution in [2.75, 3.05) is 0 Å². The Morgan fingerprint density at radius 3 is 3.00 bits per heavy atom. The van der Waals surface area contributed by atoms with Gasteiger partial charge in [0.05, 0.1) is 12.1 Å². The van der Waals surface area contributed by atoms with Gasteiger partial charge in [0, 0.05) is 12.6 Å². The third-order valence-electron chi connectivity index (χ3n) is 2.09. The summed E-state index contributed by atoms with van der Waals surface area (Å²) in [7, 11) is 0. The van der Waals surface area contributed by atoms with Gasteiger partial charge in [0.25, 0.3) is 0 Å². The largest absolute Gasteiger partial charge is 0.481 e. The number of pyridine rings is 1. The topological polar surface area (TPSA) is 54.6 Å². The molecule has 15 heavy (non-hydrogen) atoms. The summed E-state index contributed by atoms with van der Waals surface area (Å²) in [6.45, 7) is 0. The molecule has 0 aliphatic carbocycles. The van der Waals surface area contributed by atoms with Crippen molar-refractivity contribution in [1.29, 1.82) is 0 Å². The maximum absolute atomic E-state index is 10.4. The van der Waals surface area contributed by atoms with Gasteiger partial charge in [-0.25, -0.2) is 4.98 Å². The molecule has 2 aromatic heterocycles. The molecule has 0 saturated carbocycles. The van der Waals surface area contributed by atoms with E-state index in [1.165, 1.54) is 0 Å². The maximum atomic E-state index is 10.4. The molecule has 0 fully saturated rings. The lowest BCUT2D eigenvalue weighted by Gasteiger charge is -1.93. The van der Waals surface area contributed by atoms with E-state index in [2.05, 4.69) is 4.98 Å². The van der Waals surface area contributed by atoms with Crippen molar-refractivity contribution < 1.29 is 9.90 Å². The van der Waals surface area contributed by atoms with Gasteiger partial charge in [-0.05, 0) is 12.1 Å². The minimum atomic E-state index is -0.821. The molecule has 1 N–H and O–H groups in total. The van der Waals surface area contributed by atoms with Crippen LogP contribution in [0.4, 0.5) is 0 Å². The van der Waals surface area contributed by atoms with Gasteiger partial charge in [0.15, 0.2) is 0 Å². The second kappa shape index (κ2) is 3.90. The number of carboxylic acids is 1. The molecule has 4 nitrogen and oxygen atoms in total. The Hall–Kier alpha value is -1.55. The van der Waals surface area contributed by atoms with E-state index in [0.717, 1.165) is 11.3 Å². The van der Waals surface area contributed by atoms with Gasteiger partial charge in [-0.2, -0.15) is 0 Å². The predicted molar refractivity (Wildman–Crippen MR) is 56.2 cm³/mol. The summed E-state index contributed by atoms with van der Waals surface area (Å²) in [6.07, 6.45) is 2.27. The molecule has 0 spiro atoms. The van der Waals surface area contributed by atoms with Gasteiger partial charge in [0.1, 0.15) is 10.8 Å². The molecule has 2 aromatic rings. The van der Waals surface area contributed by atoms with Crippen LogP contribution in [0.1, 0.15) is 12.1 Å². The van der Waals surface area contributed by atoms with Crippen LogP contribution in [-0.4, -0.2) is 20.5 Å². The second-order valence-corrected chi connectivity index (χ2v) is 3.59. The van der Waals surface area contributed by atoms with Gasteiger partial charge < -0.3 is 5.11 Å². The lowest BCUT2D eigenvalue weighted by molar-refractivity contribution is -0.136. The fourth-order valence-electron chi connectivity index (χ4n) is 1.38. The SMILES string of the molecule is O=C(O)CCc1cn2c(Cl)cccc2n1. The quantitative estimate of drug-likeness (QED) is 0.812. The summed E-state index contributed by atoms with van der Waals surface area (Å²) < 4.78 is 1.73. The van der Waals surface area contributed by atoms with Crippen molar-refractivity contribution in [3.05, 3.63) is 35.2 Å². The molecule has 0 bridgehead atoms. The second-order valence-electron chi connectivity index (χ2n) is 3.20. The number of nitrogens with zero attached hydrogens (tertiary/aromatic N) is 2. The van der Waals surface area contributed by atoms with Crippen molar-refractivity contribution in [1.82, 2.24) is 9.38 Å². The molecule has 2 heterocycles. The smallest absolute Gasteiger partial charge is 0.303 e. The lowest BCUT2D eigenvalue weighted by atomic mass is 10.2. The molecule has 0 radical (unpaired) electrons. The molecule has 5 heteroatoms. The number of rotatable bonds is 3. The molecule has 0 aliphatic rings. The maximum Gasteiger partial charge on any atom is 0.303 e. The summed E-state index contributed by atoms with van der Waals surface area (Å²) in [6, 6.07) is 5.40. The van der Waals surface area contributed by atoms with Crippen LogP contribution in [0.25, 0.3) is 5.65 Å². The van der Waals surface area contributed by atoms with Crippen LogP contribution in [0, 0.1) is 0 Å². The highest BCUT2D eigenvalue weighted by atomic mass is 35.5. The summed E-state index contributed by atoms with van der Waals surface area (Å²) >= 11 is 5.94. The minimum Gasteiger partial charge on any atom is -0.481 e. The zero-order chi connectivity index (χ0) is 10.8. The number of hydrogen-bond acceptors (Lipinski definition) is 2. The van der Waals surface area contributed by atoms with E-state index < -0.39 is 5.97 Å². The highest BCUT2D eigenvalue weighted by molar-refractivity contribution is 6.29. The van der Waals surface area contributed by atoms with Crippen molar-refractivity contribution >= 4 is 23.2 Å². The van der Waals surface area contributed by atoms with Crippen molar-refractivity contribution in [2.24, 2.45) is 0 Å². The van der Waals surface area contributed by atoms with E-state index in [4.69, 9.17) is 16.7 Å². The Balaban J connectivity index is 2.31. The third kappa shape index (κ3) is 2.10. The molecule has 2 rings (SSSR count). The van der Waals surface area contributed by atoms with Crippen LogP contribution in [0.15, 0.2) is 24.4 Å². The van der Waals surface area contributed by atoms with Crippen LogP contribution >= 0.6 is 11.6 Å². The number of imidazole rings is 1. The lowest BCUT2D eigenvalue weighted by Crippen LogP contribution is -1.97. The normalized spacial score (nSPS) is 10.7. The number of aryl methyl sites for hydroxylation is 1. The molecular formula is C10H9ClN2O2. The number of halogens is 1. The minimum absolute atomic E-state index is 0.0848. The highest BCUT2D eigenvalue weighted by Crippen LogP contribution is 2.14. The molecule has 78 valence electrons. The summed E-state index contributed by atoms with van der Waals surface area (Å²) in [5, 5.41) is 9.11. The zero-order valence-corrected chi connectivity index (χ0v) is 8.61.